The van der Waals surface area contributed by atoms with E-state index in [1.54, 1.807) is 0 Å². The molecule has 4 nitrogen and oxygen atoms in total. The van der Waals surface area contributed by atoms with Crippen LogP contribution in [0.5, 0.6) is 0 Å². The molecule has 0 heterocycles. The van der Waals surface area contributed by atoms with Crippen molar-refractivity contribution >= 4 is 5.97 Å². The Bertz CT molecular complexity index is 383. The van der Waals surface area contributed by atoms with Crippen LogP contribution in [0.1, 0.15) is 136 Å². The Morgan fingerprint density at radius 3 is 1.45 bits per heavy atom. The van der Waals surface area contributed by atoms with Crippen molar-refractivity contribution in [2.75, 3.05) is 33.0 Å². The lowest BCUT2D eigenvalue weighted by Gasteiger charge is -2.36. The first-order chi connectivity index (χ1) is 15.1. The summed E-state index contributed by atoms with van der Waals surface area (Å²) in [6.07, 6.45) is 23.2. The van der Waals surface area contributed by atoms with Crippen LogP contribution in [0.25, 0.3) is 0 Å². The third kappa shape index (κ3) is 19.8. The van der Waals surface area contributed by atoms with Gasteiger partial charge >= 0.3 is 5.97 Å². The zero-order valence-electron chi connectivity index (χ0n) is 21.5. The van der Waals surface area contributed by atoms with Gasteiger partial charge in [0.1, 0.15) is 0 Å². The number of quaternary nitrogens is 1. The number of nitrogens with zero attached hydrogens (tertiary/aromatic N) is 1. The van der Waals surface area contributed by atoms with Gasteiger partial charge in [-0.3, -0.25) is 4.79 Å². The number of hydrogen-bond acceptors (Lipinski definition) is 2. The maximum atomic E-state index is 10.8. The van der Waals surface area contributed by atoms with Crippen LogP contribution in [0.3, 0.4) is 0 Å². The molecule has 31 heavy (non-hydrogen) atoms. The molecule has 0 unspecified atom stereocenters. The van der Waals surface area contributed by atoms with Gasteiger partial charge in [0.25, 0.3) is 0 Å². The number of hydrogen-bond donors (Lipinski definition) is 1. The highest BCUT2D eigenvalue weighted by Gasteiger charge is 2.23. The minimum Gasteiger partial charge on any atom is -0.481 e. The summed E-state index contributed by atoms with van der Waals surface area (Å²) in [6.45, 7) is 11.1. The van der Waals surface area contributed by atoms with E-state index >= 15 is 0 Å². The number of rotatable bonds is 25. The lowest BCUT2D eigenvalue weighted by molar-refractivity contribution is -0.942. The van der Waals surface area contributed by atoms with Crippen LogP contribution in [0.2, 0.25) is 0 Å². The van der Waals surface area contributed by atoms with Gasteiger partial charge in [-0.05, 0) is 20.3 Å². The number of carboxylic acids is 1. The van der Waals surface area contributed by atoms with Crippen LogP contribution in [0.4, 0.5) is 0 Å². The molecule has 0 atom stereocenters. The van der Waals surface area contributed by atoms with Crippen molar-refractivity contribution in [2.45, 2.75) is 136 Å². The van der Waals surface area contributed by atoms with Crippen molar-refractivity contribution in [3.8, 4) is 0 Å². The SMILES string of the molecule is CCCCCCCCCCCCCCCCCCOC[N+](CC)(CC)CCCC(=O)O. The van der Waals surface area contributed by atoms with Gasteiger partial charge in [0.05, 0.1) is 32.7 Å². The quantitative estimate of drug-likeness (QED) is 0.0886. The first kappa shape index (κ1) is 30.4. The highest BCUT2D eigenvalue weighted by molar-refractivity contribution is 5.66. The molecule has 0 amide bonds. The third-order valence-electron chi connectivity index (χ3n) is 6.87. The van der Waals surface area contributed by atoms with Crippen molar-refractivity contribution < 1.29 is 19.1 Å². The molecule has 186 valence electrons. The Morgan fingerprint density at radius 2 is 1.06 bits per heavy atom. The molecule has 0 aliphatic rings. The molecule has 0 fully saturated rings. The first-order valence-corrected chi connectivity index (χ1v) is 13.7. The average Bonchev–Trinajstić information content (AvgIpc) is 2.77. The van der Waals surface area contributed by atoms with Gasteiger partial charge < -0.3 is 14.3 Å². The number of aliphatic carboxylic acids is 1. The van der Waals surface area contributed by atoms with Crippen molar-refractivity contribution in [1.29, 1.82) is 0 Å². The second-order valence-electron chi connectivity index (χ2n) is 9.54. The van der Waals surface area contributed by atoms with E-state index in [0.29, 0.717) is 0 Å². The van der Waals surface area contributed by atoms with E-state index in [1.807, 2.05) is 0 Å². The summed E-state index contributed by atoms with van der Waals surface area (Å²) in [5.74, 6) is -0.695. The van der Waals surface area contributed by atoms with E-state index in [1.165, 1.54) is 96.3 Å². The number of ether oxygens (including phenoxy) is 1. The first-order valence-electron chi connectivity index (χ1n) is 13.7. The lowest BCUT2D eigenvalue weighted by atomic mass is 10.0. The molecule has 4 heteroatoms. The molecule has 0 aromatic carbocycles. The van der Waals surface area contributed by atoms with E-state index in [4.69, 9.17) is 9.84 Å². The van der Waals surface area contributed by atoms with Crippen LogP contribution in [0.15, 0.2) is 0 Å². The van der Waals surface area contributed by atoms with Crippen LogP contribution in [-0.2, 0) is 9.53 Å². The second kappa shape index (κ2) is 22.6. The fraction of sp³-hybridized carbons (Fsp3) is 0.963. The van der Waals surface area contributed by atoms with Gasteiger partial charge in [-0.25, -0.2) is 0 Å². The maximum absolute atomic E-state index is 10.8. The van der Waals surface area contributed by atoms with Crippen molar-refractivity contribution in [3.05, 3.63) is 0 Å². The van der Waals surface area contributed by atoms with E-state index in [9.17, 15) is 4.79 Å². The molecule has 0 aliphatic heterocycles. The summed E-state index contributed by atoms with van der Waals surface area (Å²) in [5.41, 5.74) is 0. The van der Waals surface area contributed by atoms with Crippen molar-refractivity contribution in [2.24, 2.45) is 0 Å². The van der Waals surface area contributed by atoms with Gasteiger partial charge in [-0.15, -0.1) is 0 Å². The van der Waals surface area contributed by atoms with Crippen molar-refractivity contribution in [3.63, 3.8) is 0 Å². The Hall–Kier alpha value is -0.610. The molecular weight excluding hydrogens is 386 g/mol. The van der Waals surface area contributed by atoms with Crippen LogP contribution in [0, 0.1) is 0 Å². The smallest absolute Gasteiger partial charge is 0.303 e. The molecule has 0 rings (SSSR count). The van der Waals surface area contributed by atoms with Crippen LogP contribution >= 0.6 is 0 Å². The third-order valence-corrected chi connectivity index (χ3v) is 6.87. The fourth-order valence-corrected chi connectivity index (χ4v) is 4.36. The Morgan fingerprint density at radius 1 is 0.645 bits per heavy atom. The average molecular weight is 443 g/mol. The standard InChI is InChI=1S/C27H55NO3/c1-4-7-8-9-10-11-12-13-14-15-16-17-18-19-20-21-25-31-26-28(5-2,6-3)24-22-23-27(29)30/h4-26H2,1-3H3/p+1. The Labute approximate surface area is 194 Å². The molecule has 0 spiro atoms. The summed E-state index contributed by atoms with van der Waals surface area (Å²) in [6, 6.07) is 0. The number of carbonyl (C=O) groups is 1. The molecule has 0 radical (unpaired) electrons. The van der Waals surface area contributed by atoms with Crippen LogP contribution in [-0.4, -0.2) is 48.5 Å². The summed E-state index contributed by atoms with van der Waals surface area (Å²) < 4.78 is 6.86. The Kier molecular flexibility index (Phi) is 22.1. The molecule has 0 aromatic rings. The molecule has 1 N–H and O–H groups in total. The normalized spacial score (nSPS) is 11.8. The van der Waals surface area contributed by atoms with Gasteiger partial charge in [-0.1, -0.05) is 103 Å². The zero-order valence-corrected chi connectivity index (χ0v) is 21.5. The number of carboxylic acid groups (broad SMARTS) is 1. The summed E-state index contributed by atoms with van der Waals surface area (Å²) in [7, 11) is 0. The fourth-order valence-electron chi connectivity index (χ4n) is 4.36. The van der Waals surface area contributed by atoms with E-state index in [-0.39, 0.29) is 6.42 Å². The van der Waals surface area contributed by atoms with E-state index in [2.05, 4.69) is 20.8 Å². The van der Waals surface area contributed by atoms with Crippen molar-refractivity contribution in [1.82, 2.24) is 0 Å². The van der Waals surface area contributed by atoms with E-state index in [0.717, 1.165) is 50.3 Å². The maximum Gasteiger partial charge on any atom is 0.303 e. The number of unbranched alkanes of at least 4 members (excludes halogenated alkanes) is 15. The summed E-state index contributed by atoms with van der Waals surface area (Å²) in [5, 5.41) is 8.86. The predicted octanol–water partition coefficient (Wildman–Crippen LogP) is 7.94. The molecule has 0 saturated carbocycles. The van der Waals surface area contributed by atoms with Gasteiger partial charge in [0.2, 0.25) is 0 Å². The monoisotopic (exact) mass is 442 g/mol. The molecule has 0 saturated heterocycles. The Balaban J connectivity index is 3.42. The van der Waals surface area contributed by atoms with Crippen LogP contribution < -0.4 is 0 Å². The minimum atomic E-state index is -0.695. The molecule has 0 bridgehead atoms. The highest BCUT2D eigenvalue weighted by atomic mass is 16.5. The van der Waals surface area contributed by atoms with E-state index < -0.39 is 5.97 Å². The topological polar surface area (TPSA) is 46.5 Å². The molecule has 0 aromatic heterocycles. The molecular formula is C27H56NO3+. The zero-order chi connectivity index (χ0) is 23.0. The highest BCUT2D eigenvalue weighted by Crippen LogP contribution is 2.14. The predicted molar refractivity (Wildman–Crippen MR) is 133 cm³/mol. The van der Waals surface area contributed by atoms with Gasteiger partial charge in [-0.2, -0.15) is 0 Å². The van der Waals surface area contributed by atoms with Gasteiger partial charge in [0.15, 0.2) is 6.73 Å². The molecule has 0 aliphatic carbocycles. The summed E-state index contributed by atoms with van der Waals surface area (Å²) in [4.78, 5) is 10.8. The second-order valence-corrected chi connectivity index (χ2v) is 9.54. The van der Waals surface area contributed by atoms with Gasteiger partial charge in [0, 0.05) is 6.42 Å². The summed E-state index contributed by atoms with van der Waals surface area (Å²) >= 11 is 0. The largest absolute Gasteiger partial charge is 0.481 e. The lowest BCUT2D eigenvalue weighted by Crippen LogP contribution is -2.50. The minimum absolute atomic E-state index is 0.263.